The van der Waals surface area contributed by atoms with E-state index in [0.29, 0.717) is 11.1 Å². The van der Waals surface area contributed by atoms with Gasteiger partial charge in [-0.3, -0.25) is 9.59 Å². The number of ether oxygens (including phenoxy) is 1. The first-order valence-corrected chi connectivity index (χ1v) is 8.68. The van der Waals surface area contributed by atoms with Crippen molar-refractivity contribution in [3.8, 4) is 17.6 Å². The maximum absolute atomic E-state index is 14.0. The highest BCUT2D eigenvalue weighted by Gasteiger charge is 2.17. The molecule has 0 fully saturated rings. The summed E-state index contributed by atoms with van der Waals surface area (Å²) in [7, 11) is 1.23. The third-order valence-corrected chi connectivity index (χ3v) is 4.15. The van der Waals surface area contributed by atoms with Crippen LogP contribution in [0.25, 0.3) is 5.69 Å². The number of halogens is 1. The van der Waals surface area contributed by atoms with E-state index in [1.165, 1.54) is 26.2 Å². The highest BCUT2D eigenvalue weighted by Crippen LogP contribution is 2.18. The number of nitrogens with one attached hydrogen (secondary N) is 1. The number of nitriles is 1. The molecule has 30 heavy (non-hydrogen) atoms. The van der Waals surface area contributed by atoms with Gasteiger partial charge in [0.05, 0.1) is 36.7 Å². The third kappa shape index (κ3) is 4.10. The standard InChI is InChI=1S/C20H16FN5O4/c1-12(27)23-17-9-15(7-8-16(17)21)26-20(29)25(19(28)18(24-26)30-2)11-14-5-3-13(10-22)4-6-14/h3-9H,11H2,1-2H3,(H,23,27). The second-order valence-corrected chi connectivity index (χ2v) is 6.25. The van der Waals surface area contributed by atoms with Gasteiger partial charge in [-0.15, -0.1) is 5.10 Å². The molecule has 3 rings (SSSR count). The smallest absolute Gasteiger partial charge is 0.352 e. The van der Waals surface area contributed by atoms with Crippen LogP contribution in [0.1, 0.15) is 18.1 Å². The fraction of sp³-hybridized carbons (Fsp3) is 0.150. The van der Waals surface area contributed by atoms with Crippen LogP contribution < -0.4 is 21.3 Å². The Morgan fingerprint density at radius 2 is 1.93 bits per heavy atom. The largest absolute Gasteiger partial charge is 0.476 e. The van der Waals surface area contributed by atoms with Crippen molar-refractivity contribution < 1.29 is 13.9 Å². The Balaban J connectivity index is 2.14. The summed E-state index contributed by atoms with van der Waals surface area (Å²) in [6.07, 6.45) is 0. The van der Waals surface area contributed by atoms with Gasteiger partial charge in [-0.2, -0.15) is 9.94 Å². The molecule has 0 aliphatic carbocycles. The Kier molecular flexibility index (Phi) is 5.73. The number of nitrogens with zero attached hydrogens (tertiary/aromatic N) is 4. The monoisotopic (exact) mass is 409 g/mol. The maximum Gasteiger partial charge on any atom is 0.352 e. The van der Waals surface area contributed by atoms with Crippen molar-refractivity contribution >= 4 is 11.6 Å². The van der Waals surface area contributed by atoms with Crippen molar-refractivity contribution in [3.63, 3.8) is 0 Å². The van der Waals surface area contributed by atoms with Crippen LogP contribution in [0, 0.1) is 17.1 Å². The van der Waals surface area contributed by atoms with Gasteiger partial charge in [0.1, 0.15) is 5.82 Å². The van der Waals surface area contributed by atoms with Gasteiger partial charge in [0.15, 0.2) is 0 Å². The molecule has 1 aromatic heterocycles. The van der Waals surface area contributed by atoms with Gasteiger partial charge in [-0.1, -0.05) is 12.1 Å². The predicted octanol–water partition coefficient (Wildman–Crippen LogP) is 1.42. The van der Waals surface area contributed by atoms with Gasteiger partial charge in [0.2, 0.25) is 5.91 Å². The summed E-state index contributed by atoms with van der Waals surface area (Å²) in [5, 5.41) is 15.1. The van der Waals surface area contributed by atoms with Gasteiger partial charge in [0.25, 0.3) is 5.88 Å². The molecule has 0 aliphatic heterocycles. The molecular formula is C20H16FN5O4. The zero-order valence-corrected chi connectivity index (χ0v) is 16.0. The van der Waals surface area contributed by atoms with Crippen LogP contribution in [-0.2, 0) is 11.3 Å². The molecule has 1 heterocycles. The van der Waals surface area contributed by atoms with E-state index >= 15 is 0 Å². The molecule has 0 bridgehead atoms. The fourth-order valence-corrected chi connectivity index (χ4v) is 2.73. The number of carbonyl (C=O) groups excluding carboxylic acids is 1. The highest BCUT2D eigenvalue weighted by molar-refractivity contribution is 5.89. The van der Waals surface area contributed by atoms with E-state index in [-0.39, 0.29) is 23.8 Å². The summed E-state index contributed by atoms with van der Waals surface area (Å²) in [5.41, 5.74) is -0.508. The number of hydrogen-bond acceptors (Lipinski definition) is 6. The number of rotatable bonds is 5. The quantitative estimate of drug-likeness (QED) is 0.681. The number of carbonyl (C=O) groups is 1. The van der Waals surface area contributed by atoms with E-state index in [4.69, 9.17) is 10.00 Å². The summed E-state index contributed by atoms with van der Waals surface area (Å²) >= 11 is 0. The van der Waals surface area contributed by atoms with Crippen LogP contribution >= 0.6 is 0 Å². The van der Waals surface area contributed by atoms with E-state index in [9.17, 15) is 18.8 Å². The number of methoxy groups -OCH3 is 1. The van der Waals surface area contributed by atoms with Crippen LogP contribution in [0.4, 0.5) is 10.1 Å². The minimum atomic E-state index is -0.787. The molecule has 152 valence electrons. The second kappa shape index (κ2) is 8.40. The van der Waals surface area contributed by atoms with Crippen molar-refractivity contribution in [2.75, 3.05) is 12.4 Å². The normalized spacial score (nSPS) is 10.3. The first-order valence-electron chi connectivity index (χ1n) is 8.68. The Hall–Kier alpha value is -4.26. The number of anilines is 1. The summed E-state index contributed by atoms with van der Waals surface area (Å²) in [6, 6.07) is 11.9. The lowest BCUT2D eigenvalue weighted by Gasteiger charge is -2.13. The average Bonchev–Trinajstić information content (AvgIpc) is 2.73. The molecule has 0 saturated heterocycles. The van der Waals surface area contributed by atoms with Crippen molar-refractivity contribution in [2.24, 2.45) is 0 Å². The predicted molar refractivity (Wildman–Crippen MR) is 105 cm³/mol. The fourth-order valence-electron chi connectivity index (χ4n) is 2.73. The molecule has 1 amide bonds. The Morgan fingerprint density at radius 3 is 2.53 bits per heavy atom. The van der Waals surface area contributed by atoms with Crippen molar-refractivity contribution in [1.82, 2.24) is 14.3 Å². The first-order chi connectivity index (χ1) is 14.3. The summed E-state index contributed by atoms with van der Waals surface area (Å²) in [6.45, 7) is 1.12. The molecule has 0 spiro atoms. The van der Waals surface area contributed by atoms with Gasteiger partial charge in [0, 0.05) is 6.92 Å². The Morgan fingerprint density at radius 1 is 1.23 bits per heavy atom. The second-order valence-electron chi connectivity index (χ2n) is 6.25. The molecule has 9 nitrogen and oxygen atoms in total. The van der Waals surface area contributed by atoms with Crippen LogP contribution in [0.2, 0.25) is 0 Å². The number of benzene rings is 2. The minimum Gasteiger partial charge on any atom is -0.476 e. The van der Waals surface area contributed by atoms with E-state index in [1.54, 1.807) is 24.3 Å². The SMILES string of the molecule is COc1nn(-c2ccc(F)c(NC(C)=O)c2)c(=O)n(Cc2ccc(C#N)cc2)c1=O. The zero-order chi connectivity index (χ0) is 21.8. The van der Waals surface area contributed by atoms with Crippen LogP contribution in [0.3, 0.4) is 0 Å². The van der Waals surface area contributed by atoms with Crippen LogP contribution in [-0.4, -0.2) is 27.4 Å². The third-order valence-electron chi connectivity index (χ3n) is 4.15. The molecule has 0 saturated carbocycles. The molecule has 2 aromatic carbocycles. The van der Waals surface area contributed by atoms with E-state index < -0.39 is 23.0 Å². The molecule has 0 radical (unpaired) electrons. The van der Waals surface area contributed by atoms with Crippen molar-refractivity contribution in [2.45, 2.75) is 13.5 Å². The van der Waals surface area contributed by atoms with Gasteiger partial charge >= 0.3 is 11.2 Å². The molecule has 1 N–H and O–H groups in total. The zero-order valence-electron chi connectivity index (χ0n) is 16.0. The lowest BCUT2D eigenvalue weighted by Crippen LogP contribution is -2.41. The van der Waals surface area contributed by atoms with E-state index in [2.05, 4.69) is 10.4 Å². The molecule has 10 heteroatoms. The first kappa shape index (κ1) is 20.5. The van der Waals surface area contributed by atoms with Crippen molar-refractivity contribution in [3.05, 3.63) is 80.2 Å². The summed E-state index contributed by atoms with van der Waals surface area (Å²) in [5.74, 6) is -1.52. The highest BCUT2D eigenvalue weighted by atomic mass is 19.1. The average molecular weight is 409 g/mol. The molecule has 3 aromatic rings. The van der Waals surface area contributed by atoms with E-state index in [1.807, 2.05) is 6.07 Å². The van der Waals surface area contributed by atoms with Crippen LogP contribution in [0.5, 0.6) is 5.88 Å². The topological polar surface area (TPSA) is 119 Å². The molecule has 0 aliphatic rings. The number of amides is 1. The maximum atomic E-state index is 14.0. The molecular weight excluding hydrogens is 393 g/mol. The van der Waals surface area contributed by atoms with Gasteiger partial charge in [-0.25, -0.2) is 13.8 Å². The summed E-state index contributed by atoms with van der Waals surface area (Å²) in [4.78, 5) is 36.9. The number of hydrogen-bond donors (Lipinski definition) is 1. The summed E-state index contributed by atoms with van der Waals surface area (Å²) < 4.78 is 20.8. The molecule has 0 atom stereocenters. The van der Waals surface area contributed by atoms with Crippen molar-refractivity contribution in [1.29, 1.82) is 5.26 Å². The number of aromatic nitrogens is 3. The Bertz CT molecular complexity index is 1270. The molecule has 0 unspecified atom stereocenters. The minimum absolute atomic E-state index is 0.0952. The van der Waals surface area contributed by atoms with Gasteiger partial charge < -0.3 is 10.1 Å². The lowest BCUT2D eigenvalue weighted by atomic mass is 10.1. The van der Waals surface area contributed by atoms with E-state index in [0.717, 1.165) is 15.3 Å². The van der Waals surface area contributed by atoms with Gasteiger partial charge in [-0.05, 0) is 35.9 Å². The Labute approximate surface area is 169 Å². The lowest BCUT2D eigenvalue weighted by molar-refractivity contribution is -0.114. The van der Waals surface area contributed by atoms with Crippen LogP contribution in [0.15, 0.2) is 52.1 Å².